The topological polar surface area (TPSA) is 33.1 Å². The SMILES string of the molecule is CC(C)n1cccc1C1C(c2ccccn2)NC(=S)N1c1ccc(F)cc1. The molecule has 3 heterocycles. The third kappa shape index (κ3) is 3.21. The van der Waals surface area contributed by atoms with Crippen LogP contribution in [0.1, 0.15) is 43.4 Å². The zero-order chi connectivity index (χ0) is 19.0. The number of thiocarbonyl (C=S) groups is 1. The molecule has 3 aromatic rings. The molecule has 6 heteroatoms. The van der Waals surface area contributed by atoms with Gasteiger partial charge in [-0.3, -0.25) is 4.98 Å². The van der Waals surface area contributed by atoms with Gasteiger partial charge in [0.15, 0.2) is 5.11 Å². The van der Waals surface area contributed by atoms with Crippen molar-refractivity contribution in [3.8, 4) is 0 Å². The van der Waals surface area contributed by atoms with E-state index in [1.807, 2.05) is 18.2 Å². The van der Waals surface area contributed by atoms with Crippen LogP contribution in [0.4, 0.5) is 10.1 Å². The van der Waals surface area contributed by atoms with Crippen LogP contribution in [0.5, 0.6) is 0 Å². The second kappa shape index (κ2) is 7.12. The Morgan fingerprint density at radius 2 is 1.85 bits per heavy atom. The highest BCUT2D eigenvalue weighted by Gasteiger charge is 2.42. The van der Waals surface area contributed by atoms with Gasteiger partial charge in [-0.2, -0.15) is 0 Å². The molecule has 0 amide bonds. The molecule has 0 spiro atoms. The monoisotopic (exact) mass is 380 g/mol. The van der Waals surface area contributed by atoms with Gasteiger partial charge in [-0.15, -0.1) is 0 Å². The summed E-state index contributed by atoms with van der Waals surface area (Å²) in [4.78, 5) is 6.61. The largest absolute Gasteiger partial charge is 0.351 e. The third-order valence-electron chi connectivity index (χ3n) is 4.87. The summed E-state index contributed by atoms with van der Waals surface area (Å²) in [7, 11) is 0. The van der Waals surface area contributed by atoms with E-state index in [-0.39, 0.29) is 17.9 Å². The third-order valence-corrected chi connectivity index (χ3v) is 5.19. The lowest BCUT2D eigenvalue weighted by molar-refractivity contribution is 0.497. The molecule has 1 aliphatic rings. The quantitative estimate of drug-likeness (QED) is 0.661. The predicted molar refractivity (Wildman–Crippen MR) is 109 cm³/mol. The van der Waals surface area contributed by atoms with E-state index in [9.17, 15) is 4.39 Å². The minimum absolute atomic E-state index is 0.0877. The maximum atomic E-state index is 13.5. The van der Waals surface area contributed by atoms with Crippen LogP contribution in [0.2, 0.25) is 0 Å². The molecular weight excluding hydrogens is 359 g/mol. The van der Waals surface area contributed by atoms with Crippen molar-refractivity contribution < 1.29 is 4.39 Å². The van der Waals surface area contributed by atoms with Crippen molar-refractivity contribution in [2.75, 3.05) is 4.90 Å². The molecule has 0 saturated carbocycles. The summed E-state index contributed by atoms with van der Waals surface area (Å²) in [6.45, 7) is 4.31. The number of pyridine rings is 1. The molecule has 0 bridgehead atoms. The summed E-state index contributed by atoms with van der Waals surface area (Å²) in [5, 5.41) is 4.04. The molecule has 2 atom stereocenters. The van der Waals surface area contributed by atoms with E-state index in [4.69, 9.17) is 12.2 Å². The van der Waals surface area contributed by atoms with Gasteiger partial charge in [0.05, 0.1) is 11.7 Å². The highest BCUT2D eigenvalue weighted by Crippen LogP contribution is 2.42. The number of nitrogens with zero attached hydrogens (tertiary/aromatic N) is 3. The fraction of sp³-hybridized carbons (Fsp3) is 0.238. The van der Waals surface area contributed by atoms with Gasteiger partial charge in [-0.1, -0.05) is 6.07 Å². The first-order valence-corrected chi connectivity index (χ1v) is 9.40. The molecule has 4 nitrogen and oxygen atoms in total. The Morgan fingerprint density at radius 3 is 2.52 bits per heavy atom. The molecule has 0 aliphatic carbocycles. The van der Waals surface area contributed by atoms with E-state index in [0.29, 0.717) is 11.2 Å². The number of hydrogen-bond donors (Lipinski definition) is 1. The van der Waals surface area contributed by atoms with Crippen molar-refractivity contribution in [1.29, 1.82) is 0 Å². The summed E-state index contributed by atoms with van der Waals surface area (Å²) in [6.07, 6.45) is 3.87. The minimum atomic E-state index is -0.264. The van der Waals surface area contributed by atoms with Crippen molar-refractivity contribution in [1.82, 2.24) is 14.9 Å². The van der Waals surface area contributed by atoms with Crippen LogP contribution in [-0.4, -0.2) is 14.7 Å². The molecule has 1 saturated heterocycles. The predicted octanol–water partition coefficient (Wildman–Crippen LogP) is 4.78. The first kappa shape index (κ1) is 17.7. The molecule has 4 rings (SSSR count). The molecule has 1 fully saturated rings. The number of benzene rings is 1. The Morgan fingerprint density at radius 1 is 1.07 bits per heavy atom. The summed E-state index contributed by atoms with van der Waals surface area (Å²) >= 11 is 5.68. The van der Waals surface area contributed by atoms with E-state index in [1.54, 1.807) is 18.3 Å². The zero-order valence-corrected chi connectivity index (χ0v) is 16.0. The second-order valence-electron chi connectivity index (χ2n) is 6.91. The molecule has 1 aromatic carbocycles. The van der Waals surface area contributed by atoms with Gasteiger partial charge >= 0.3 is 0 Å². The smallest absolute Gasteiger partial charge is 0.174 e. The lowest BCUT2D eigenvalue weighted by Gasteiger charge is -2.29. The summed E-state index contributed by atoms with van der Waals surface area (Å²) in [5.41, 5.74) is 2.91. The Kier molecular flexibility index (Phi) is 4.66. The first-order chi connectivity index (χ1) is 13.1. The molecule has 2 aromatic heterocycles. The molecular formula is C21H21FN4S. The van der Waals surface area contributed by atoms with Gasteiger partial charge in [0.25, 0.3) is 0 Å². The van der Waals surface area contributed by atoms with Crippen LogP contribution in [-0.2, 0) is 0 Å². The number of halogens is 1. The van der Waals surface area contributed by atoms with E-state index in [0.717, 1.165) is 17.1 Å². The van der Waals surface area contributed by atoms with E-state index in [1.165, 1.54) is 12.1 Å². The van der Waals surface area contributed by atoms with Gasteiger partial charge in [0.1, 0.15) is 11.9 Å². The normalized spacial score (nSPS) is 19.6. The molecule has 2 unspecified atom stereocenters. The Labute approximate surface area is 163 Å². The fourth-order valence-corrected chi connectivity index (χ4v) is 4.01. The average Bonchev–Trinajstić information content (AvgIpc) is 3.27. The van der Waals surface area contributed by atoms with E-state index >= 15 is 0 Å². The van der Waals surface area contributed by atoms with Gasteiger partial charge in [0, 0.05) is 29.8 Å². The maximum absolute atomic E-state index is 13.5. The highest BCUT2D eigenvalue weighted by atomic mass is 32.1. The van der Waals surface area contributed by atoms with Gasteiger partial charge in [-0.25, -0.2) is 4.39 Å². The minimum Gasteiger partial charge on any atom is -0.351 e. The standard InChI is InChI=1S/C21H21FN4S/c1-14(2)25-13-5-7-18(25)20-19(17-6-3-4-12-23-17)24-21(27)26(20)16-10-8-15(22)9-11-16/h3-14,19-20H,1-2H3,(H,24,27). The van der Waals surface area contributed by atoms with Crippen LogP contribution in [0.3, 0.4) is 0 Å². The van der Waals surface area contributed by atoms with Gasteiger partial charge in [-0.05, 0) is 74.6 Å². The molecule has 138 valence electrons. The summed E-state index contributed by atoms with van der Waals surface area (Å²) in [6, 6.07) is 16.6. The second-order valence-corrected chi connectivity index (χ2v) is 7.29. The summed E-state index contributed by atoms with van der Waals surface area (Å²) in [5.74, 6) is -0.264. The Hall–Kier alpha value is -2.73. The fourth-order valence-electron chi connectivity index (χ4n) is 3.66. The van der Waals surface area contributed by atoms with Crippen molar-refractivity contribution in [2.24, 2.45) is 0 Å². The van der Waals surface area contributed by atoms with Crippen molar-refractivity contribution in [2.45, 2.75) is 32.0 Å². The number of rotatable bonds is 4. The lowest BCUT2D eigenvalue weighted by Crippen LogP contribution is -2.30. The number of anilines is 1. The first-order valence-electron chi connectivity index (χ1n) is 8.99. The average molecular weight is 380 g/mol. The Bertz CT molecular complexity index is 936. The number of aromatic nitrogens is 2. The molecule has 0 radical (unpaired) electrons. The highest BCUT2D eigenvalue weighted by molar-refractivity contribution is 7.80. The van der Waals surface area contributed by atoms with Crippen molar-refractivity contribution in [3.63, 3.8) is 0 Å². The van der Waals surface area contributed by atoms with Crippen LogP contribution in [0.25, 0.3) is 0 Å². The van der Waals surface area contributed by atoms with Crippen molar-refractivity contribution >= 4 is 23.0 Å². The van der Waals surface area contributed by atoms with Crippen LogP contribution in [0.15, 0.2) is 67.0 Å². The maximum Gasteiger partial charge on any atom is 0.174 e. The van der Waals surface area contributed by atoms with Gasteiger partial charge in [0.2, 0.25) is 0 Å². The number of hydrogen-bond acceptors (Lipinski definition) is 2. The number of nitrogens with one attached hydrogen (secondary N) is 1. The molecule has 1 N–H and O–H groups in total. The van der Waals surface area contributed by atoms with Crippen molar-refractivity contribution in [3.05, 3.63) is 84.2 Å². The molecule has 1 aliphatic heterocycles. The lowest BCUT2D eigenvalue weighted by atomic mass is 10.0. The molecule has 27 heavy (non-hydrogen) atoms. The van der Waals surface area contributed by atoms with Crippen LogP contribution >= 0.6 is 12.2 Å². The van der Waals surface area contributed by atoms with Crippen LogP contribution < -0.4 is 10.2 Å². The van der Waals surface area contributed by atoms with E-state index < -0.39 is 0 Å². The van der Waals surface area contributed by atoms with Crippen LogP contribution in [0, 0.1) is 5.82 Å². The van der Waals surface area contributed by atoms with E-state index in [2.05, 4.69) is 51.9 Å². The Balaban J connectivity index is 1.85. The zero-order valence-electron chi connectivity index (χ0n) is 15.2. The van der Waals surface area contributed by atoms with Gasteiger partial charge < -0.3 is 14.8 Å². The summed E-state index contributed by atoms with van der Waals surface area (Å²) < 4.78 is 15.7.